The lowest BCUT2D eigenvalue weighted by atomic mass is 10.0. The molecule has 0 atom stereocenters. The topological polar surface area (TPSA) is 46.5 Å². The molecule has 2 rings (SSSR count). The van der Waals surface area contributed by atoms with E-state index in [0.29, 0.717) is 19.7 Å². The molecular weight excluding hydrogens is 266 g/mol. The van der Waals surface area contributed by atoms with Crippen LogP contribution in [0.1, 0.15) is 30.2 Å². The van der Waals surface area contributed by atoms with Crippen molar-refractivity contribution < 1.29 is 4.74 Å². The lowest BCUT2D eigenvalue weighted by Gasteiger charge is -2.28. The van der Waals surface area contributed by atoms with Crippen molar-refractivity contribution in [3.63, 3.8) is 0 Å². The van der Waals surface area contributed by atoms with E-state index in [-0.39, 0.29) is 5.56 Å². The average molecular weight is 293 g/mol. The van der Waals surface area contributed by atoms with E-state index in [2.05, 4.69) is 30.3 Å². The summed E-state index contributed by atoms with van der Waals surface area (Å²) in [5, 5.41) is 3.34. The fraction of sp³-hybridized carbons (Fsp3) is 0.688. The third kappa shape index (κ3) is 3.93. The molecule has 5 nitrogen and oxygen atoms in total. The Morgan fingerprint density at radius 2 is 2.24 bits per heavy atom. The summed E-state index contributed by atoms with van der Waals surface area (Å²) in [5.41, 5.74) is 3.48. The molecule has 118 valence electrons. The molecule has 0 aromatic carbocycles. The SMILES string of the molecule is CCCNCc1cc2c(n(CCOC)c1=O)CCN(C)C2. The van der Waals surface area contributed by atoms with E-state index in [9.17, 15) is 4.79 Å². The van der Waals surface area contributed by atoms with Crippen LogP contribution in [0.15, 0.2) is 10.9 Å². The van der Waals surface area contributed by atoms with Gasteiger partial charge in [0.15, 0.2) is 0 Å². The summed E-state index contributed by atoms with van der Waals surface area (Å²) in [6, 6.07) is 2.10. The van der Waals surface area contributed by atoms with Crippen LogP contribution >= 0.6 is 0 Å². The molecule has 0 fully saturated rings. The lowest BCUT2D eigenvalue weighted by molar-refractivity contribution is 0.183. The average Bonchev–Trinajstić information content (AvgIpc) is 2.47. The second-order valence-corrected chi connectivity index (χ2v) is 5.76. The highest BCUT2D eigenvalue weighted by Crippen LogP contribution is 2.17. The van der Waals surface area contributed by atoms with Crippen LogP contribution in [0.25, 0.3) is 0 Å². The van der Waals surface area contributed by atoms with Gasteiger partial charge in [-0.3, -0.25) is 4.79 Å². The molecular formula is C16H27N3O2. The molecule has 2 heterocycles. The summed E-state index contributed by atoms with van der Waals surface area (Å²) in [6.07, 6.45) is 2.01. The molecule has 0 saturated heterocycles. The van der Waals surface area contributed by atoms with Gasteiger partial charge in [0.25, 0.3) is 5.56 Å². The lowest BCUT2D eigenvalue weighted by Crippen LogP contribution is -2.37. The number of pyridine rings is 1. The summed E-state index contributed by atoms with van der Waals surface area (Å²) in [4.78, 5) is 15.0. The number of nitrogens with one attached hydrogen (secondary N) is 1. The van der Waals surface area contributed by atoms with Gasteiger partial charge >= 0.3 is 0 Å². The van der Waals surface area contributed by atoms with Gasteiger partial charge in [0.05, 0.1) is 6.61 Å². The van der Waals surface area contributed by atoms with Crippen molar-refractivity contribution in [2.45, 2.75) is 39.4 Å². The molecule has 0 bridgehead atoms. The molecule has 0 amide bonds. The van der Waals surface area contributed by atoms with Crippen LogP contribution in [0.2, 0.25) is 0 Å². The second kappa shape index (κ2) is 7.73. The first-order valence-corrected chi connectivity index (χ1v) is 7.80. The Kier molecular flexibility index (Phi) is 5.96. The highest BCUT2D eigenvalue weighted by molar-refractivity contribution is 5.29. The third-order valence-corrected chi connectivity index (χ3v) is 4.00. The van der Waals surface area contributed by atoms with E-state index in [1.807, 2.05) is 4.57 Å². The van der Waals surface area contributed by atoms with E-state index in [1.165, 1.54) is 11.3 Å². The standard InChI is InChI=1S/C16H27N3O2/c1-4-6-17-11-13-10-14-12-18(2)7-5-15(14)19(16(13)20)8-9-21-3/h10,17H,4-9,11-12H2,1-3H3. The maximum Gasteiger partial charge on any atom is 0.255 e. The van der Waals surface area contributed by atoms with Crippen molar-refractivity contribution in [1.82, 2.24) is 14.8 Å². The number of likely N-dealkylation sites (N-methyl/N-ethyl adjacent to an activating group) is 1. The van der Waals surface area contributed by atoms with Gasteiger partial charge in [-0.15, -0.1) is 0 Å². The van der Waals surface area contributed by atoms with E-state index >= 15 is 0 Å². The number of aromatic nitrogens is 1. The minimum absolute atomic E-state index is 0.138. The molecule has 21 heavy (non-hydrogen) atoms. The first kappa shape index (κ1) is 16.2. The normalized spacial score (nSPS) is 15.2. The molecule has 0 spiro atoms. The quantitative estimate of drug-likeness (QED) is 0.761. The first-order valence-electron chi connectivity index (χ1n) is 7.80. The van der Waals surface area contributed by atoms with Crippen molar-refractivity contribution in [2.24, 2.45) is 0 Å². The third-order valence-electron chi connectivity index (χ3n) is 4.00. The number of nitrogens with zero attached hydrogens (tertiary/aromatic N) is 2. The monoisotopic (exact) mass is 293 g/mol. The number of methoxy groups -OCH3 is 1. The van der Waals surface area contributed by atoms with Crippen molar-refractivity contribution in [3.05, 3.63) is 33.2 Å². The van der Waals surface area contributed by atoms with Crippen LogP contribution in [0.4, 0.5) is 0 Å². The predicted octanol–water partition coefficient (Wildman–Crippen LogP) is 0.982. The Bertz CT molecular complexity index is 525. The Morgan fingerprint density at radius 3 is 2.95 bits per heavy atom. The fourth-order valence-electron chi connectivity index (χ4n) is 2.87. The summed E-state index contributed by atoms with van der Waals surface area (Å²) in [6.45, 7) is 6.87. The van der Waals surface area contributed by atoms with E-state index in [1.54, 1.807) is 7.11 Å². The van der Waals surface area contributed by atoms with Crippen LogP contribution in [0, 0.1) is 0 Å². The Balaban J connectivity index is 2.33. The van der Waals surface area contributed by atoms with Gasteiger partial charge in [0.1, 0.15) is 0 Å². The van der Waals surface area contributed by atoms with Gasteiger partial charge < -0.3 is 19.5 Å². The van der Waals surface area contributed by atoms with Crippen molar-refractivity contribution in [3.8, 4) is 0 Å². The van der Waals surface area contributed by atoms with Gasteiger partial charge in [-0.05, 0) is 31.6 Å². The zero-order valence-electron chi connectivity index (χ0n) is 13.4. The minimum Gasteiger partial charge on any atom is -0.383 e. The van der Waals surface area contributed by atoms with Crippen LogP contribution in [-0.2, 0) is 30.8 Å². The molecule has 1 aromatic heterocycles. The Hall–Kier alpha value is -1.17. The number of fused-ring (bicyclic) bond motifs is 1. The highest BCUT2D eigenvalue weighted by Gasteiger charge is 2.19. The largest absolute Gasteiger partial charge is 0.383 e. The van der Waals surface area contributed by atoms with Crippen molar-refractivity contribution in [2.75, 3.05) is 33.9 Å². The molecule has 0 radical (unpaired) electrons. The van der Waals surface area contributed by atoms with E-state index in [0.717, 1.165) is 38.0 Å². The summed E-state index contributed by atoms with van der Waals surface area (Å²) < 4.78 is 7.09. The second-order valence-electron chi connectivity index (χ2n) is 5.76. The number of hydrogen-bond acceptors (Lipinski definition) is 4. The molecule has 1 aliphatic heterocycles. The fourth-order valence-corrected chi connectivity index (χ4v) is 2.87. The van der Waals surface area contributed by atoms with Crippen LogP contribution < -0.4 is 10.9 Å². The van der Waals surface area contributed by atoms with Crippen molar-refractivity contribution >= 4 is 0 Å². The molecule has 1 N–H and O–H groups in total. The predicted molar refractivity (Wildman–Crippen MR) is 84.6 cm³/mol. The van der Waals surface area contributed by atoms with Crippen LogP contribution in [-0.4, -0.2) is 43.3 Å². The zero-order chi connectivity index (χ0) is 15.2. The van der Waals surface area contributed by atoms with Gasteiger partial charge in [-0.2, -0.15) is 0 Å². The Labute approximate surface area is 126 Å². The summed E-state index contributed by atoms with van der Waals surface area (Å²) >= 11 is 0. The van der Waals surface area contributed by atoms with E-state index in [4.69, 9.17) is 4.74 Å². The summed E-state index contributed by atoms with van der Waals surface area (Å²) in [5.74, 6) is 0. The van der Waals surface area contributed by atoms with Gasteiger partial charge in [0, 0.05) is 51.0 Å². The summed E-state index contributed by atoms with van der Waals surface area (Å²) in [7, 11) is 3.81. The van der Waals surface area contributed by atoms with E-state index < -0.39 is 0 Å². The maximum atomic E-state index is 12.7. The zero-order valence-corrected chi connectivity index (χ0v) is 13.4. The number of rotatable bonds is 7. The molecule has 0 aliphatic carbocycles. The smallest absolute Gasteiger partial charge is 0.255 e. The van der Waals surface area contributed by atoms with Crippen LogP contribution in [0.3, 0.4) is 0 Å². The van der Waals surface area contributed by atoms with Gasteiger partial charge in [0.2, 0.25) is 0 Å². The molecule has 5 heteroatoms. The van der Waals surface area contributed by atoms with Crippen LogP contribution in [0.5, 0.6) is 0 Å². The van der Waals surface area contributed by atoms with Crippen molar-refractivity contribution in [1.29, 1.82) is 0 Å². The Morgan fingerprint density at radius 1 is 1.43 bits per heavy atom. The van der Waals surface area contributed by atoms with Gasteiger partial charge in [-0.25, -0.2) is 0 Å². The molecule has 0 saturated carbocycles. The van der Waals surface area contributed by atoms with Gasteiger partial charge in [-0.1, -0.05) is 6.92 Å². The maximum absolute atomic E-state index is 12.7. The molecule has 0 unspecified atom stereocenters. The number of ether oxygens (including phenoxy) is 1. The number of hydrogen-bond donors (Lipinski definition) is 1. The highest BCUT2D eigenvalue weighted by atomic mass is 16.5. The first-order chi connectivity index (χ1) is 10.2. The molecule has 1 aromatic rings. The molecule has 1 aliphatic rings. The minimum atomic E-state index is 0.138.